The van der Waals surface area contributed by atoms with Crippen molar-refractivity contribution in [2.75, 3.05) is 0 Å². The summed E-state index contributed by atoms with van der Waals surface area (Å²) in [7, 11) is 0. The fourth-order valence-corrected chi connectivity index (χ4v) is 10.3. The van der Waals surface area contributed by atoms with E-state index in [1.807, 2.05) is 11.3 Å². The molecule has 1 aliphatic rings. The molecule has 2 unspecified atom stereocenters. The van der Waals surface area contributed by atoms with E-state index in [4.69, 9.17) is 4.42 Å². The van der Waals surface area contributed by atoms with Crippen LogP contribution in [0, 0.1) is 0 Å². The molecule has 272 valence electrons. The highest BCUT2D eigenvalue weighted by Crippen LogP contribution is 2.44. The van der Waals surface area contributed by atoms with E-state index in [1.165, 1.54) is 64.4 Å². The maximum Gasteiger partial charge on any atom is 0.136 e. The van der Waals surface area contributed by atoms with Gasteiger partial charge in [0.15, 0.2) is 0 Å². The Hall–Kier alpha value is -6.54. The molecule has 12 rings (SSSR count). The van der Waals surface area contributed by atoms with Crippen molar-refractivity contribution in [3.05, 3.63) is 199 Å². The third kappa shape index (κ3) is 5.27. The first-order valence-corrected chi connectivity index (χ1v) is 20.3. The molecule has 0 radical (unpaired) electrons. The lowest BCUT2D eigenvalue weighted by atomic mass is 9.97. The molecule has 0 amide bonds. The lowest BCUT2D eigenvalue weighted by Gasteiger charge is -2.39. The summed E-state index contributed by atoms with van der Waals surface area (Å²) < 4.78 is 11.7. The number of nitrogens with zero attached hydrogens (tertiary/aromatic N) is 1. The summed E-state index contributed by atoms with van der Waals surface area (Å²) in [6, 6.07) is 65.4. The van der Waals surface area contributed by atoms with E-state index in [1.54, 1.807) is 0 Å². The molecule has 1 fully saturated rings. The molecule has 3 aromatic heterocycles. The number of rotatable bonds is 5. The highest BCUT2D eigenvalue weighted by atomic mass is 32.1. The smallest absolute Gasteiger partial charge is 0.136 e. The number of hydrogen-bond acceptors (Lipinski definition) is 5. The minimum absolute atomic E-state index is 0.0540. The van der Waals surface area contributed by atoms with Crippen LogP contribution in [-0.2, 0) is 0 Å². The van der Waals surface area contributed by atoms with E-state index in [9.17, 15) is 0 Å². The van der Waals surface area contributed by atoms with Crippen molar-refractivity contribution in [2.45, 2.75) is 18.5 Å². The molecule has 6 heteroatoms. The average molecular weight is 753 g/mol. The minimum Gasteiger partial charge on any atom is -0.456 e. The molecule has 5 nitrogen and oxygen atoms in total. The molecule has 11 aromatic rings. The average Bonchev–Trinajstić information content (AvgIpc) is 3.96. The Balaban J connectivity index is 0.955. The summed E-state index contributed by atoms with van der Waals surface area (Å²) in [5.41, 5.74) is 11.3. The first kappa shape index (κ1) is 32.7. The van der Waals surface area contributed by atoms with Gasteiger partial charge >= 0.3 is 0 Å². The number of furan rings is 1. The molecular formula is C51H36N4OS. The topological polar surface area (TPSA) is 54.2 Å². The third-order valence-corrected chi connectivity index (χ3v) is 12.9. The van der Waals surface area contributed by atoms with Crippen LogP contribution >= 0.6 is 11.3 Å². The Bertz CT molecular complexity index is 3210. The van der Waals surface area contributed by atoms with Crippen molar-refractivity contribution in [2.24, 2.45) is 0 Å². The Morgan fingerprint density at radius 2 is 1.07 bits per heavy atom. The predicted molar refractivity (Wildman–Crippen MR) is 237 cm³/mol. The highest BCUT2D eigenvalue weighted by molar-refractivity contribution is 7.26. The van der Waals surface area contributed by atoms with Crippen LogP contribution in [0.1, 0.15) is 35.2 Å². The number of aromatic nitrogens is 1. The van der Waals surface area contributed by atoms with Gasteiger partial charge in [-0.05, 0) is 76.3 Å². The van der Waals surface area contributed by atoms with E-state index in [2.05, 4.69) is 203 Å². The summed E-state index contributed by atoms with van der Waals surface area (Å²) in [5.74, 6) is 0. The van der Waals surface area contributed by atoms with Gasteiger partial charge in [-0.25, -0.2) is 0 Å². The van der Waals surface area contributed by atoms with Crippen molar-refractivity contribution < 1.29 is 4.42 Å². The lowest BCUT2D eigenvalue weighted by molar-refractivity contribution is 0.204. The second-order valence-corrected chi connectivity index (χ2v) is 16.1. The SMILES string of the molecule is c1ccc(C2NC(c3ccccc3)NC(c3cccc4oc5cc(-c6cccc7sc8cc(-n9c%10ccccc%10c%10ccccc%109)ccc8c67)ccc5c34)N2)cc1. The Morgan fingerprint density at radius 1 is 0.439 bits per heavy atom. The van der Waals surface area contributed by atoms with Gasteiger partial charge in [0.25, 0.3) is 0 Å². The van der Waals surface area contributed by atoms with Crippen LogP contribution in [0.15, 0.2) is 186 Å². The lowest BCUT2D eigenvalue weighted by Crippen LogP contribution is -2.54. The van der Waals surface area contributed by atoms with Gasteiger partial charge in [-0.2, -0.15) is 0 Å². The van der Waals surface area contributed by atoms with Gasteiger partial charge in [0.1, 0.15) is 11.2 Å². The van der Waals surface area contributed by atoms with Gasteiger partial charge in [0, 0.05) is 47.4 Å². The van der Waals surface area contributed by atoms with Crippen LogP contribution in [0.3, 0.4) is 0 Å². The first-order chi connectivity index (χ1) is 28.2. The molecule has 57 heavy (non-hydrogen) atoms. The van der Waals surface area contributed by atoms with Crippen molar-refractivity contribution in [1.29, 1.82) is 0 Å². The molecule has 0 saturated carbocycles. The number of nitrogens with one attached hydrogen (secondary N) is 3. The molecule has 2 atom stereocenters. The number of para-hydroxylation sites is 2. The zero-order chi connectivity index (χ0) is 37.5. The maximum absolute atomic E-state index is 6.71. The second-order valence-electron chi connectivity index (χ2n) is 15.0. The summed E-state index contributed by atoms with van der Waals surface area (Å²) in [4.78, 5) is 0. The van der Waals surface area contributed by atoms with Gasteiger partial charge < -0.3 is 8.98 Å². The Kier molecular flexibility index (Phi) is 7.46. The molecule has 3 N–H and O–H groups in total. The number of fused-ring (bicyclic) bond motifs is 9. The predicted octanol–water partition coefficient (Wildman–Crippen LogP) is 12.9. The van der Waals surface area contributed by atoms with Crippen molar-refractivity contribution in [3.63, 3.8) is 0 Å². The van der Waals surface area contributed by atoms with Gasteiger partial charge in [0.2, 0.25) is 0 Å². The van der Waals surface area contributed by atoms with Crippen LogP contribution in [-0.4, -0.2) is 4.57 Å². The number of thiophene rings is 1. The van der Waals surface area contributed by atoms with Crippen molar-refractivity contribution >= 4 is 75.3 Å². The summed E-state index contributed by atoms with van der Waals surface area (Å²) in [5, 5.41) is 18.9. The van der Waals surface area contributed by atoms with E-state index in [0.717, 1.165) is 33.1 Å². The van der Waals surface area contributed by atoms with E-state index in [-0.39, 0.29) is 18.5 Å². The maximum atomic E-state index is 6.71. The minimum atomic E-state index is -0.135. The van der Waals surface area contributed by atoms with E-state index >= 15 is 0 Å². The summed E-state index contributed by atoms with van der Waals surface area (Å²) >= 11 is 1.86. The van der Waals surface area contributed by atoms with Crippen molar-refractivity contribution in [1.82, 2.24) is 20.5 Å². The van der Waals surface area contributed by atoms with Crippen LogP contribution in [0.2, 0.25) is 0 Å². The highest BCUT2D eigenvalue weighted by Gasteiger charge is 2.31. The zero-order valence-electron chi connectivity index (χ0n) is 30.8. The first-order valence-electron chi connectivity index (χ1n) is 19.5. The van der Waals surface area contributed by atoms with E-state index in [0.29, 0.717) is 0 Å². The normalized spacial score (nSPS) is 17.4. The molecule has 4 heterocycles. The fourth-order valence-electron chi connectivity index (χ4n) is 9.16. The quantitative estimate of drug-likeness (QED) is 0.164. The Morgan fingerprint density at radius 3 is 1.79 bits per heavy atom. The second kappa shape index (κ2) is 13.0. The molecule has 8 aromatic carbocycles. The largest absolute Gasteiger partial charge is 0.456 e. The zero-order valence-corrected chi connectivity index (χ0v) is 31.6. The molecule has 0 spiro atoms. The van der Waals surface area contributed by atoms with Crippen molar-refractivity contribution in [3.8, 4) is 16.8 Å². The van der Waals surface area contributed by atoms with Gasteiger partial charge in [-0.3, -0.25) is 16.0 Å². The monoisotopic (exact) mass is 752 g/mol. The van der Waals surface area contributed by atoms with Crippen LogP contribution in [0.4, 0.5) is 0 Å². The summed E-state index contributed by atoms with van der Waals surface area (Å²) in [6.45, 7) is 0. The van der Waals surface area contributed by atoms with Crippen LogP contribution in [0.5, 0.6) is 0 Å². The fraction of sp³-hybridized carbons (Fsp3) is 0.0588. The van der Waals surface area contributed by atoms with Gasteiger partial charge in [-0.1, -0.05) is 133 Å². The molecule has 0 bridgehead atoms. The third-order valence-electron chi connectivity index (χ3n) is 11.7. The standard InChI is InChI=1S/C51H36N4OS/c1-3-13-31(14-4-1)49-52-50(32-15-5-2-6-16-32)54-51(53-49)40-20-11-23-43-47(40)38-27-25-33(29-44(38)56-43)35-19-12-24-45-48(35)39-28-26-34(30-46(39)57-45)55-41-21-9-7-17-36(41)37-18-8-10-22-42(37)55/h1-30,49-54H. The van der Waals surface area contributed by atoms with Gasteiger partial charge in [0.05, 0.1) is 29.5 Å². The van der Waals surface area contributed by atoms with Gasteiger partial charge in [-0.15, -0.1) is 11.3 Å². The number of hydrogen-bond donors (Lipinski definition) is 3. The Labute approximate surface area is 332 Å². The molecule has 1 saturated heterocycles. The number of benzene rings is 8. The van der Waals surface area contributed by atoms with Crippen LogP contribution in [0.25, 0.3) is 80.7 Å². The van der Waals surface area contributed by atoms with Crippen LogP contribution < -0.4 is 16.0 Å². The summed E-state index contributed by atoms with van der Waals surface area (Å²) in [6.07, 6.45) is -0.243. The van der Waals surface area contributed by atoms with E-state index < -0.39 is 0 Å². The molecular weight excluding hydrogens is 717 g/mol. The molecule has 1 aliphatic heterocycles. The molecule has 0 aliphatic carbocycles.